The lowest BCUT2D eigenvalue weighted by atomic mass is 10.0. The Kier molecular flexibility index (Phi) is 46.8. The molecule has 1 amide bonds. The summed E-state index contributed by atoms with van der Waals surface area (Å²) in [6, 6.07) is -0.919. The van der Waals surface area contributed by atoms with Gasteiger partial charge in [0.25, 0.3) is 7.82 Å². The molecule has 0 aliphatic heterocycles. The van der Waals surface area contributed by atoms with Gasteiger partial charge in [-0.15, -0.1) is 0 Å². The van der Waals surface area contributed by atoms with Gasteiger partial charge >= 0.3 is 5.97 Å². The van der Waals surface area contributed by atoms with E-state index >= 15 is 0 Å². The van der Waals surface area contributed by atoms with E-state index in [1.165, 1.54) is 109 Å². The number of hydrogen-bond acceptors (Lipinski definition) is 7. The molecule has 3 unspecified atom stereocenters. The van der Waals surface area contributed by atoms with Crippen LogP contribution in [0.15, 0.2) is 85.1 Å². The van der Waals surface area contributed by atoms with Crippen LogP contribution in [0.25, 0.3) is 0 Å². The zero-order chi connectivity index (χ0) is 50.8. The number of rotatable bonds is 49. The number of nitrogens with zero attached hydrogens (tertiary/aromatic N) is 1. The number of allylic oxidation sites excluding steroid dienone is 13. The van der Waals surface area contributed by atoms with E-state index in [0.29, 0.717) is 23.9 Å². The number of hydrogen-bond donors (Lipinski definition) is 1. The highest BCUT2D eigenvalue weighted by Gasteiger charge is 2.27. The molecule has 0 heterocycles. The van der Waals surface area contributed by atoms with E-state index in [2.05, 4.69) is 86.8 Å². The monoisotopic (exact) mass is 985 g/mol. The lowest BCUT2D eigenvalue weighted by Crippen LogP contribution is -2.47. The van der Waals surface area contributed by atoms with Crippen LogP contribution in [0, 0.1) is 0 Å². The molecule has 0 spiro atoms. The van der Waals surface area contributed by atoms with E-state index in [9.17, 15) is 19.0 Å². The maximum atomic E-state index is 13.4. The van der Waals surface area contributed by atoms with Gasteiger partial charge < -0.3 is 28.5 Å². The summed E-state index contributed by atoms with van der Waals surface area (Å²) in [6.07, 6.45) is 62.8. The highest BCUT2D eigenvalue weighted by atomic mass is 31.2. The van der Waals surface area contributed by atoms with Gasteiger partial charge in [-0.25, -0.2) is 0 Å². The number of phosphoric acid groups is 1. The van der Waals surface area contributed by atoms with E-state index in [1.807, 2.05) is 39.4 Å². The number of carbonyl (C=O) groups is 2. The minimum absolute atomic E-state index is 0.0357. The fourth-order valence-corrected chi connectivity index (χ4v) is 8.27. The van der Waals surface area contributed by atoms with Crippen LogP contribution < -0.4 is 10.2 Å². The first-order chi connectivity index (χ1) is 33.4. The Morgan fingerprint density at radius 1 is 0.522 bits per heavy atom. The number of phosphoric ester groups is 1. The maximum absolute atomic E-state index is 13.4. The van der Waals surface area contributed by atoms with E-state index in [0.717, 1.165) is 77.0 Å². The SMILES string of the molecule is CC/C=C\C/C=C\C/C=C\C/C=C\C/C=C\C/C=C\CCC(=O)OC(/C=C/CCCCCCCCCCC)C(COP(=O)([O-])OCC[N+](C)(C)C)NC(=O)CCCCCCCCCCCCCCC. The molecule has 398 valence electrons. The molecule has 0 bridgehead atoms. The van der Waals surface area contributed by atoms with Gasteiger partial charge in [0.15, 0.2) is 0 Å². The summed E-state index contributed by atoms with van der Waals surface area (Å²) in [4.78, 5) is 39.7. The molecule has 0 aromatic carbocycles. The predicted molar refractivity (Wildman–Crippen MR) is 293 cm³/mol. The third-order valence-corrected chi connectivity index (χ3v) is 12.8. The number of nitrogens with one attached hydrogen (secondary N) is 1. The molecule has 0 fully saturated rings. The van der Waals surface area contributed by atoms with Crippen molar-refractivity contribution in [1.29, 1.82) is 0 Å². The highest BCUT2D eigenvalue weighted by molar-refractivity contribution is 7.45. The average Bonchev–Trinajstić information content (AvgIpc) is 3.31. The van der Waals surface area contributed by atoms with Gasteiger partial charge in [-0.3, -0.25) is 14.2 Å². The highest BCUT2D eigenvalue weighted by Crippen LogP contribution is 2.38. The molecule has 1 N–H and O–H groups in total. The smallest absolute Gasteiger partial charge is 0.306 e. The second-order valence-corrected chi connectivity index (χ2v) is 21.1. The number of carbonyl (C=O) groups excluding carboxylic acids is 2. The van der Waals surface area contributed by atoms with Crippen LogP contribution in [0.3, 0.4) is 0 Å². The van der Waals surface area contributed by atoms with Gasteiger partial charge in [0, 0.05) is 12.8 Å². The van der Waals surface area contributed by atoms with Crippen molar-refractivity contribution in [2.75, 3.05) is 40.9 Å². The van der Waals surface area contributed by atoms with E-state index in [4.69, 9.17) is 13.8 Å². The van der Waals surface area contributed by atoms with Crippen molar-refractivity contribution in [2.24, 2.45) is 0 Å². The fraction of sp³-hybridized carbons (Fsp3) is 0.729. The Balaban J connectivity index is 5.46. The Morgan fingerprint density at radius 3 is 1.39 bits per heavy atom. The molecule has 0 aromatic heterocycles. The first-order valence-corrected chi connectivity index (χ1v) is 29.4. The van der Waals surface area contributed by atoms with Crippen LogP contribution in [0.2, 0.25) is 0 Å². The zero-order valence-corrected chi connectivity index (χ0v) is 46.1. The quantitative estimate of drug-likeness (QED) is 0.0212. The van der Waals surface area contributed by atoms with Crippen LogP contribution in [0.4, 0.5) is 0 Å². The lowest BCUT2D eigenvalue weighted by molar-refractivity contribution is -0.870. The van der Waals surface area contributed by atoms with Crippen molar-refractivity contribution >= 4 is 19.7 Å². The largest absolute Gasteiger partial charge is 0.756 e. The van der Waals surface area contributed by atoms with Gasteiger partial charge in [0.05, 0.1) is 33.8 Å². The van der Waals surface area contributed by atoms with E-state index < -0.39 is 32.5 Å². The topological polar surface area (TPSA) is 114 Å². The molecule has 0 rings (SSSR count). The van der Waals surface area contributed by atoms with Crippen molar-refractivity contribution in [3.05, 3.63) is 85.1 Å². The molecule has 10 heteroatoms. The van der Waals surface area contributed by atoms with Crippen molar-refractivity contribution in [1.82, 2.24) is 5.32 Å². The third kappa shape index (κ3) is 49.9. The predicted octanol–water partition coefficient (Wildman–Crippen LogP) is 16.0. The summed E-state index contributed by atoms with van der Waals surface area (Å²) in [5.74, 6) is -0.641. The molecule has 0 aliphatic carbocycles. The Labute approximate surface area is 425 Å². The number of esters is 1. The first-order valence-electron chi connectivity index (χ1n) is 27.9. The van der Waals surface area contributed by atoms with Crippen molar-refractivity contribution in [3.63, 3.8) is 0 Å². The minimum atomic E-state index is -4.71. The molecule has 9 nitrogen and oxygen atoms in total. The Bertz CT molecular complexity index is 1460. The molecule has 0 aromatic rings. The van der Waals surface area contributed by atoms with Gasteiger partial charge in [0.1, 0.15) is 19.3 Å². The number of quaternary nitrogens is 1. The first kappa shape index (κ1) is 66.2. The molecule has 3 atom stereocenters. The number of likely N-dealkylation sites (N-methyl/N-ethyl adjacent to an activating group) is 1. The second kappa shape index (κ2) is 48.8. The van der Waals surface area contributed by atoms with Crippen LogP contribution >= 0.6 is 7.82 Å². The Hall–Kier alpha value is -2.81. The van der Waals surface area contributed by atoms with Crippen LogP contribution in [0.5, 0.6) is 0 Å². The van der Waals surface area contributed by atoms with Gasteiger partial charge in [-0.1, -0.05) is 228 Å². The fourth-order valence-electron chi connectivity index (χ4n) is 7.55. The summed E-state index contributed by atoms with van der Waals surface area (Å²) < 4.78 is 30.1. The number of amides is 1. The lowest BCUT2D eigenvalue weighted by Gasteiger charge is -2.30. The summed E-state index contributed by atoms with van der Waals surface area (Å²) in [5.41, 5.74) is 0. The summed E-state index contributed by atoms with van der Waals surface area (Å²) in [5, 5.41) is 2.99. The molecule has 0 aliphatic rings. The number of ether oxygens (including phenoxy) is 1. The molecular formula is C59H105N2O7P. The Morgan fingerprint density at radius 2 is 0.942 bits per heavy atom. The maximum Gasteiger partial charge on any atom is 0.306 e. The molecule has 0 radical (unpaired) electrons. The van der Waals surface area contributed by atoms with E-state index in [1.54, 1.807) is 6.08 Å². The van der Waals surface area contributed by atoms with Crippen molar-refractivity contribution < 1.29 is 37.3 Å². The van der Waals surface area contributed by atoms with Crippen LogP contribution in [-0.2, 0) is 27.9 Å². The zero-order valence-electron chi connectivity index (χ0n) is 45.2. The van der Waals surface area contributed by atoms with Gasteiger partial charge in [0.2, 0.25) is 5.91 Å². The summed E-state index contributed by atoms with van der Waals surface area (Å²) in [6.45, 7) is 6.66. The number of unbranched alkanes of at least 4 members (excludes halogenated alkanes) is 21. The van der Waals surface area contributed by atoms with Gasteiger partial charge in [-0.05, 0) is 70.3 Å². The average molecular weight is 985 g/mol. The van der Waals surface area contributed by atoms with Crippen molar-refractivity contribution in [2.45, 2.75) is 238 Å². The summed E-state index contributed by atoms with van der Waals surface area (Å²) >= 11 is 0. The molecular weight excluding hydrogens is 880 g/mol. The van der Waals surface area contributed by atoms with Gasteiger partial charge in [-0.2, -0.15) is 0 Å². The van der Waals surface area contributed by atoms with Crippen LogP contribution in [-0.4, -0.2) is 69.4 Å². The van der Waals surface area contributed by atoms with Crippen molar-refractivity contribution in [3.8, 4) is 0 Å². The summed E-state index contributed by atoms with van der Waals surface area (Å²) in [7, 11) is 1.14. The van der Waals surface area contributed by atoms with Crippen LogP contribution in [0.1, 0.15) is 226 Å². The standard InChI is InChI=1S/C59H105N2O7P/c1-7-10-13-16-19-22-25-27-28-29-30-31-32-34-37-40-43-46-49-52-59(63)68-57(50-47-44-41-38-35-24-21-18-15-12-9-3)56(55-67-69(64,65)66-54-53-61(4,5)6)60-58(62)51-48-45-42-39-36-33-26-23-20-17-14-11-8-2/h10,13,19,22,27-28,30-31,34,37,43,46-47,50,56-57H,7-9,11-12,14-18,20-21,23-26,29,32-33,35-36,38-42,44-45,48-49,51-55H2,1-6H3,(H-,60,62,64,65)/b13-10-,22-19-,28-27-,31-30-,37-34-,46-43-,50-47+. The molecule has 0 saturated heterocycles. The minimum Gasteiger partial charge on any atom is -0.756 e. The molecule has 69 heavy (non-hydrogen) atoms. The third-order valence-electron chi connectivity index (χ3n) is 11.9. The van der Waals surface area contributed by atoms with E-state index in [-0.39, 0.29) is 18.9 Å². The second-order valence-electron chi connectivity index (χ2n) is 19.7. The normalized spacial score (nSPS) is 14.5. The molecule has 0 saturated carbocycles.